The maximum atomic E-state index is 5.86. The molecule has 0 aliphatic heterocycles. The van der Waals surface area contributed by atoms with Crippen LogP contribution in [0.25, 0.3) is 0 Å². The van der Waals surface area contributed by atoms with Crippen LogP contribution >= 0.6 is 0 Å². The van der Waals surface area contributed by atoms with Crippen molar-refractivity contribution < 1.29 is 14.2 Å². The van der Waals surface area contributed by atoms with Crippen molar-refractivity contribution in [3.63, 3.8) is 0 Å². The Kier molecular flexibility index (Phi) is 20.3. The summed E-state index contributed by atoms with van der Waals surface area (Å²) in [4.78, 5) is 0. The Labute approximate surface area is 150 Å². The third-order valence-corrected chi connectivity index (χ3v) is 3.53. The highest BCUT2D eigenvalue weighted by atomic mass is 16.5. The summed E-state index contributed by atoms with van der Waals surface area (Å²) < 4.78 is 17.3. The van der Waals surface area contributed by atoms with Crippen molar-refractivity contribution in [1.29, 1.82) is 0 Å². The molecule has 0 amide bonds. The number of nitrogens with two attached hydrogens (primary N) is 2. The van der Waals surface area contributed by atoms with Gasteiger partial charge in [0.05, 0.1) is 26.4 Å². The summed E-state index contributed by atoms with van der Waals surface area (Å²) in [7, 11) is 0. The molecule has 0 radical (unpaired) electrons. The van der Waals surface area contributed by atoms with Crippen molar-refractivity contribution in [1.82, 2.24) is 0 Å². The van der Waals surface area contributed by atoms with Crippen LogP contribution in [0, 0.1) is 5.41 Å². The molecule has 0 bridgehead atoms. The molecule has 5 heteroatoms. The van der Waals surface area contributed by atoms with E-state index in [4.69, 9.17) is 25.7 Å². The molecule has 0 aromatic carbocycles. The summed E-state index contributed by atoms with van der Waals surface area (Å²) in [6, 6.07) is 0.241. The molecule has 0 saturated heterocycles. The topological polar surface area (TPSA) is 79.7 Å². The van der Waals surface area contributed by atoms with Crippen LogP contribution in [0.4, 0.5) is 0 Å². The van der Waals surface area contributed by atoms with Gasteiger partial charge in [0.2, 0.25) is 0 Å². The number of rotatable bonds is 15. The van der Waals surface area contributed by atoms with Crippen LogP contribution in [0.1, 0.15) is 53.4 Å². The summed E-state index contributed by atoms with van der Waals surface area (Å²) in [5.41, 5.74) is 11.2. The van der Waals surface area contributed by atoms with Crippen molar-refractivity contribution in [2.45, 2.75) is 59.4 Å². The number of hydrogen-bond donors (Lipinski definition) is 2. The van der Waals surface area contributed by atoms with E-state index in [0.717, 1.165) is 38.9 Å². The molecule has 0 spiro atoms. The Morgan fingerprint density at radius 1 is 1.04 bits per heavy atom. The lowest BCUT2D eigenvalue weighted by molar-refractivity contribution is -0.0708. The van der Waals surface area contributed by atoms with E-state index in [1.54, 1.807) is 6.08 Å². The average Bonchev–Trinajstić information content (AvgIpc) is 2.55. The lowest BCUT2D eigenvalue weighted by atomic mass is 9.88. The summed E-state index contributed by atoms with van der Waals surface area (Å²) in [6.45, 7) is 16.2. The van der Waals surface area contributed by atoms with Gasteiger partial charge in [0.15, 0.2) is 0 Å². The number of hydrogen-bond acceptors (Lipinski definition) is 5. The van der Waals surface area contributed by atoms with Crippen LogP contribution in [-0.2, 0) is 14.2 Å². The van der Waals surface area contributed by atoms with Gasteiger partial charge < -0.3 is 25.7 Å². The summed E-state index contributed by atoms with van der Waals surface area (Å²) in [5.74, 6) is 0. The first-order valence-corrected chi connectivity index (χ1v) is 9.27. The third-order valence-electron chi connectivity index (χ3n) is 3.53. The lowest BCUT2D eigenvalue weighted by Gasteiger charge is -2.32. The van der Waals surface area contributed by atoms with E-state index < -0.39 is 0 Å². The van der Waals surface area contributed by atoms with Crippen molar-refractivity contribution in [3.05, 3.63) is 12.7 Å². The molecule has 5 nitrogen and oxygen atoms in total. The van der Waals surface area contributed by atoms with Gasteiger partial charge in [-0.25, -0.2) is 0 Å². The van der Waals surface area contributed by atoms with E-state index in [-0.39, 0.29) is 11.5 Å². The largest absolute Gasteiger partial charge is 0.381 e. The Hall–Kier alpha value is -0.460. The molecule has 0 aromatic heterocycles. The quantitative estimate of drug-likeness (QED) is 0.352. The SMILES string of the molecule is C=CC.CCCOCC(CC)(COCCN)COCCCC(C)N. The van der Waals surface area contributed by atoms with E-state index in [9.17, 15) is 0 Å². The molecule has 0 aliphatic rings. The second kappa shape index (κ2) is 18.9. The fourth-order valence-electron chi connectivity index (χ4n) is 2.03. The summed E-state index contributed by atoms with van der Waals surface area (Å²) in [6.07, 6.45) is 5.74. The van der Waals surface area contributed by atoms with Crippen molar-refractivity contribution >= 4 is 0 Å². The molecule has 2 unspecified atom stereocenters. The van der Waals surface area contributed by atoms with Crippen LogP contribution in [0.2, 0.25) is 0 Å². The molecule has 2 atom stereocenters. The smallest absolute Gasteiger partial charge is 0.0589 e. The van der Waals surface area contributed by atoms with E-state index in [2.05, 4.69) is 20.4 Å². The van der Waals surface area contributed by atoms with E-state index in [1.165, 1.54) is 0 Å². The van der Waals surface area contributed by atoms with Crippen LogP contribution in [-0.4, -0.2) is 52.2 Å². The summed E-state index contributed by atoms with van der Waals surface area (Å²) in [5, 5.41) is 0. The fourth-order valence-corrected chi connectivity index (χ4v) is 2.03. The van der Waals surface area contributed by atoms with Crippen LogP contribution in [0.15, 0.2) is 12.7 Å². The van der Waals surface area contributed by atoms with Gasteiger partial charge in [-0.2, -0.15) is 0 Å². The zero-order valence-corrected chi connectivity index (χ0v) is 16.5. The van der Waals surface area contributed by atoms with Crippen molar-refractivity contribution in [2.75, 3.05) is 46.2 Å². The van der Waals surface area contributed by atoms with Crippen molar-refractivity contribution in [2.24, 2.45) is 16.9 Å². The monoisotopic (exact) mass is 346 g/mol. The minimum atomic E-state index is -0.0708. The second-order valence-electron chi connectivity index (χ2n) is 6.33. The van der Waals surface area contributed by atoms with Crippen molar-refractivity contribution in [3.8, 4) is 0 Å². The Morgan fingerprint density at radius 2 is 1.54 bits per heavy atom. The summed E-state index contributed by atoms with van der Waals surface area (Å²) >= 11 is 0. The third kappa shape index (κ3) is 16.4. The van der Waals surface area contributed by atoms with Gasteiger partial charge in [0.1, 0.15) is 0 Å². The van der Waals surface area contributed by atoms with Crippen LogP contribution in [0.3, 0.4) is 0 Å². The molecule has 0 heterocycles. The standard InChI is InChI=1S/C16H36N2O3.C3H6/c1-4-9-19-12-16(5-2,14-21-11-8-17)13-20-10-6-7-15(3)18;1-3-2/h15H,4-14,17-18H2,1-3H3;3H,1H2,2H3. The maximum Gasteiger partial charge on any atom is 0.0589 e. The second-order valence-corrected chi connectivity index (χ2v) is 6.33. The highest BCUT2D eigenvalue weighted by molar-refractivity contribution is 4.78. The Balaban J connectivity index is 0. The zero-order valence-electron chi connectivity index (χ0n) is 16.5. The number of allylic oxidation sites excluding steroid dienone is 1. The molecule has 0 aromatic rings. The van der Waals surface area contributed by atoms with E-state index in [1.807, 2.05) is 13.8 Å². The van der Waals surface area contributed by atoms with Gasteiger partial charge in [0, 0.05) is 31.2 Å². The van der Waals surface area contributed by atoms with Gasteiger partial charge in [-0.1, -0.05) is 19.9 Å². The lowest BCUT2D eigenvalue weighted by Crippen LogP contribution is -2.37. The van der Waals surface area contributed by atoms with Gasteiger partial charge in [-0.05, 0) is 39.5 Å². The first-order valence-electron chi connectivity index (χ1n) is 9.27. The van der Waals surface area contributed by atoms with Crippen LogP contribution < -0.4 is 11.5 Å². The molecular formula is C19H42N2O3. The van der Waals surface area contributed by atoms with Gasteiger partial charge in [0.25, 0.3) is 0 Å². The molecule has 146 valence electrons. The molecule has 24 heavy (non-hydrogen) atoms. The zero-order chi connectivity index (χ0) is 18.7. The highest BCUT2D eigenvalue weighted by Crippen LogP contribution is 2.24. The predicted octanol–water partition coefficient (Wildman–Crippen LogP) is 3.12. The molecule has 0 saturated carbocycles. The van der Waals surface area contributed by atoms with Gasteiger partial charge in [-0.3, -0.25) is 0 Å². The minimum absolute atomic E-state index is 0.0708. The molecule has 0 rings (SSSR count). The normalized spacial score (nSPS) is 14.4. The van der Waals surface area contributed by atoms with Gasteiger partial charge >= 0.3 is 0 Å². The van der Waals surface area contributed by atoms with E-state index in [0.29, 0.717) is 33.0 Å². The maximum absolute atomic E-state index is 5.86. The van der Waals surface area contributed by atoms with Gasteiger partial charge in [-0.15, -0.1) is 6.58 Å². The fraction of sp³-hybridized carbons (Fsp3) is 0.895. The number of ether oxygens (including phenoxy) is 3. The van der Waals surface area contributed by atoms with E-state index >= 15 is 0 Å². The predicted molar refractivity (Wildman–Crippen MR) is 103 cm³/mol. The molecule has 0 fully saturated rings. The highest BCUT2D eigenvalue weighted by Gasteiger charge is 2.29. The van der Waals surface area contributed by atoms with Crippen LogP contribution in [0.5, 0.6) is 0 Å². The molecule has 4 N–H and O–H groups in total. The Bertz CT molecular complexity index is 251. The average molecular weight is 347 g/mol. The molecule has 0 aliphatic carbocycles. The Morgan fingerprint density at radius 3 is 1.96 bits per heavy atom. The first-order chi connectivity index (χ1) is 11.5. The molecular weight excluding hydrogens is 304 g/mol. The first kappa shape index (κ1) is 25.8. The minimum Gasteiger partial charge on any atom is -0.381 e.